The van der Waals surface area contributed by atoms with Crippen LogP contribution in [0.4, 0.5) is 4.79 Å². The lowest BCUT2D eigenvalue weighted by atomic mass is 9.43. The van der Waals surface area contributed by atoms with E-state index in [-0.39, 0.29) is 34.9 Å². The van der Waals surface area contributed by atoms with Gasteiger partial charge in [0.25, 0.3) is 0 Å². The van der Waals surface area contributed by atoms with Crippen LogP contribution in [0.5, 0.6) is 0 Å². The fraction of sp³-hybridized carbons (Fsp3) is 0.897. The van der Waals surface area contributed by atoms with Crippen molar-refractivity contribution in [1.29, 1.82) is 0 Å². The van der Waals surface area contributed by atoms with E-state index in [9.17, 15) is 14.4 Å². The number of likely N-dealkylation sites (tertiary alicyclic amines) is 1. The van der Waals surface area contributed by atoms with Crippen molar-refractivity contribution >= 4 is 25.0 Å². The maximum Gasteiger partial charge on any atom is 0.481 e. The third-order valence-corrected chi connectivity index (χ3v) is 9.70. The molecule has 0 aromatic heterocycles. The Bertz CT molecular complexity index is 942. The third kappa shape index (κ3) is 6.62. The first-order valence-corrected chi connectivity index (χ1v) is 15.4. The number of carbonyl (C=O) groups excluding carboxylic acids is 3. The van der Waals surface area contributed by atoms with Crippen molar-refractivity contribution in [2.75, 3.05) is 19.6 Å². The van der Waals surface area contributed by atoms with Gasteiger partial charge >= 0.3 is 13.2 Å². The molecule has 2 aliphatic heterocycles. The number of nitrogens with zero attached hydrogens (tertiary/aromatic N) is 1. The van der Waals surface area contributed by atoms with Gasteiger partial charge in [-0.1, -0.05) is 13.8 Å². The van der Waals surface area contributed by atoms with E-state index in [0.29, 0.717) is 63.6 Å². The topological polar surface area (TPSA) is 132 Å². The Hall–Kier alpha value is -1.85. The van der Waals surface area contributed by atoms with Crippen LogP contribution in [-0.4, -0.2) is 78.8 Å². The van der Waals surface area contributed by atoms with Crippen LogP contribution in [0.15, 0.2) is 0 Å². The first-order valence-electron chi connectivity index (χ1n) is 15.4. The van der Waals surface area contributed by atoms with Crippen molar-refractivity contribution in [2.45, 2.75) is 129 Å². The predicted molar refractivity (Wildman–Crippen MR) is 153 cm³/mol. The SMILES string of the molecule is CC(C)(C)OC(=O)N[C@@H](CCCCNC(=O)CCCN)C(=O)N1CCC[C@H]1B1OC2C[C@@H]3C[C@@H](C3(C)C)[C@]2(C)O1. The van der Waals surface area contributed by atoms with Gasteiger partial charge in [0, 0.05) is 19.5 Å². The highest BCUT2D eigenvalue weighted by Gasteiger charge is 2.69. The molecular weight excluding hydrogens is 511 g/mol. The van der Waals surface area contributed by atoms with Crippen molar-refractivity contribution < 1.29 is 28.4 Å². The number of hydrogen-bond donors (Lipinski definition) is 3. The van der Waals surface area contributed by atoms with E-state index in [2.05, 4.69) is 31.4 Å². The lowest BCUT2D eigenvalue weighted by Gasteiger charge is -2.64. The van der Waals surface area contributed by atoms with Crippen LogP contribution < -0.4 is 16.4 Å². The van der Waals surface area contributed by atoms with Crippen LogP contribution in [0.1, 0.15) is 99.3 Å². The first kappa shape index (κ1) is 31.1. The van der Waals surface area contributed by atoms with E-state index < -0.39 is 24.9 Å². The molecule has 0 radical (unpaired) electrons. The third-order valence-electron chi connectivity index (χ3n) is 9.70. The second-order valence-corrected chi connectivity index (χ2v) is 14.0. The minimum atomic E-state index is -0.727. The minimum Gasteiger partial charge on any atom is -0.444 e. The summed E-state index contributed by atoms with van der Waals surface area (Å²) in [7, 11) is -0.456. The van der Waals surface area contributed by atoms with Gasteiger partial charge in [-0.3, -0.25) is 9.59 Å². The summed E-state index contributed by atoms with van der Waals surface area (Å²) < 4.78 is 18.7. The summed E-state index contributed by atoms with van der Waals surface area (Å²) in [5, 5.41) is 5.73. The number of nitrogens with two attached hydrogens (primary N) is 1. The van der Waals surface area contributed by atoms with Crippen molar-refractivity contribution in [3.8, 4) is 0 Å². The van der Waals surface area contributed by atoms with Gasteiger partial charge in [-0.2, -0.15) is 0 Å². The number of nitrogens with one attached hydrogen (secondary N) is 2. The molecule has 5 fully saturated rings. The van der Waals surface area contributed by atoms with E-state index >= 15 is 0 Å². The largest absolute Gasteiger partial charge is 0.481 e. The Labute approximate surface area is 240 Å². The molecule has 226 valence electrons. The highest BCUT2D eigenvalue weighted by atomic mass is 16.7. The highest BCUT2D eigenvalue weighted by molar-refractivity contribution is 6.48. The molecule has 1 unspecified atom stereocenters. The normalized spacial score (nSPS) is 31.3. The van der Waals surface area contributed by atoms with Crippen LogP contribution in [0.3, 0.4) is 0 Å². The lowest BCUT2D eigenvalue weighted by molar-refractivity contribution is -0.199. The average Bonchev–Trinajstić information content (AvgIpc) is 3.48. The molecule has 40 heavy (non-hydrogen) atoms. The smallest absolute Gasteiger partial charge is 0.444 e. The maximum atomic E-state index is 13.9. The molecule has 10 nitrogen and oxygen atoms in total. The fourth-order valence-electron chi connectivity index (χ4n) is 7.37. The zero-order valence-electron chi connectivity index (χ0n) is 25.4. The molecule has 4 N–H and O–H groups in total. The van der Waals surface area contributed by atoms with Gasteiger partial charge < -0.3 is 35.3 Å². The van der Waals surface area contributed by atoms with E-state index in [1.165, 1.54) is 6.42 Å². The molecular formula is C29H51BN4O6. The van der Waals surface area contributed by atoms with E-state index in [0.717, 1.165) is 19.3 Å². The molecule has 2 bridgehead atoms. The van der Waals surface area contributed by atoms with Crippen LogP contribution >= 0.6 is 0 Å². The molecule has 2 heterocycles. The van der Waals surface area contributed by atoms with Crippen molar-refractivity contribution in [3.05, 3.63) is 0 Å². The second-order valence-electron chi connectivity index (χ2n) is 14.0. The van der Waals surface area contributed by atoms with Gasteiger partial charge in [-0.25, -0.2) is 4.79 Å². The summed E-state index contributed by atoms with van der Waals surface area (Å²) in [4.78, 5) is 40.4. The number of unbranched alkanes of at least 4 members (excludes halogenated alkanes) is 1. The summed E-state index contributed by atoms with van der Waals surface area (Å²) in [5.41, 5.74) is 4.72. The lowest BCUT2D eigenvalue weighted by Crippen LogP contribution is -2.65. The average molecular weight is 563 g/mol. The number of alkyl carbamates (subject to hydrolysis) is 1. The molecule has 3 saturated carbocycles. The van der Waals surface area contributed by atoms with Crippen molar-refractivity contribution in [2.24, 2.45) is 23.0 Å². The number of carbonyl (C=O) groups is 3. The quantitative estimate of drug-likeness (QED) is 0.260. The van der Waals surface area contributed by atoms with Crippen molar-refractivity contribution in [3.63, 3.8) is 0 Å². The van der Waals surface area contributed by atoms with Gasteiger partial charge in [0.05, 0.1) is 17.6 Å². The zero-order chi connectivity index (χ0) is 29.3. The molecule has 0 spiro atoms. The Morgan fingerprint density at radius 2 is 1.90 bits per heavy atom. The number of amides is 3. The molecule has 11 heteroatoms. The van der Waals surface area contributed by atoms with Gasteiger partial charge in [-0.05, 0) is 103 Å². The summed E-state index contributed by atoms with van der Waals surface area (Å²) in [5.74, 6) is 0.789. The monoisotopic (exact) mass is 562 g/mol. The highest BCUT2D eigenvalue weighted by Crippen LogP contribution is 2.65. The van der Waals surface area contributed by atoms with E-state index in [4.69, 9.17) is 19.8 Å². The summed E-state index contributed by atoms with van der Waals surface area (Å²) in [6.45, 7) is 13.9. The van der Waals surface area contributed by atoms with Gasteiger partial charge in [0.2, 0.25) is 11.8 Å². The Kier molecular flexibility index (Phi) is 9.47. The molecule has 5 aliphatic rings. The molecule has 2 saturated heterocycles. The number of ether oxygens (including phenoxy) is 1. The summed E-state index contributed by atoms with van der Waals surface area (Å²) >= 11 is 0. The summed E-state index contributed by atoms with van der Waals surface area (Å²) in [6, 6.07) is -0.727. The summed E-state index contributed by atoms with van der Waals surface area (Å²) in [6.07, 6.45) is 6.20. The fourth-order valence-corrected chi connectivity index (χ4v) is 7.37. The molecule has 0 aromatic carbocycles. The zero-order valence-corrected chi connectivity index (χ0v) is 25.4. The molecule has 5 rings (SSSR count). The first-order chi connectivity index (χ1) is 18.8. The number of rotatable bonds is 11. The van der Waals surface area contributed by atoms with Crippen LogP contribution in [0.2, 0.25) is 0 Å². The maximum absolute atomic E-state index is 13.9. The minimum absolute atomic E-state index is 0.0170. The van der Waals surface area contributed by atoms with Gasteiger partial charge in [-0.15, -0.1) is 0 Å². The van der Waals surface area contributed by atoms with Crippen LogP contribution in [-0.2, 0) is 23.6 Å². The van der Waals surface area contributed by atoms with E-state index in [1.54, 1.807) is 20.8 Å². The van der Waals surface area contributed by atoms with Gasteiger partial charge in [0.15, 0.2) is 0 Å². The van der Waals surface area contributed by atoms with Crippen molar-refractivity contribution in [1.82, 2.24) is 15.5 Å². The Morgan fingerprint density at radius 3 is 2.58 bits per heavy atom. The van der Waals surface area contributed by atoms with E-state index in [1.807, 2.05) is 4.90 Å². The molecule has 6 atom stereocenters. The Balaban J connectivity index is 1.38. The van der Waals surface area contributed by atoms with Crippen LogP contribution in [0, 0.1) is 17.3 Å². The van der Waals surface area contributed by atoms with Gasteiger partial charge in [0.1, 0.15) is 11.6 Å². The number of hydrogen-bond acceptors (Lipinski definition) is 7. The second kappa shape index (κ2) is 12.2. The predicted octanol–water partition coefficient (Wildman–Crippen LogP) is 3.16. The molecule has 3 amide bonds. The van der Waals surface area contributed by atoms with Crippen LogP contribution in [0.25, 0.3) is 0 Å². The molecule has 0 aromatic rings. The molecule has 3 aliphatic carbocycles. The standard InChI is InChI=1S/C29H51BN4O6/c1-27(2,3)38-26(37)33-20(11-7-8-15-32-24(35)13-9-14-31)25(36)34-16-10-12-23(34)30-39-22-18-19-17-21(28(19,4)5)29(22,6)40-30/h19-23H,7-18,31H2,1-6H3,(H,32,35)(H,33,37)/t19-,20-,21-,22?,23-,29-/m0/s1. The Morgan fingerprint density at radius 1 is 1.15 bits per heavy atom.